The zero-order valence-electron chi connectivity index (χ0n) is 86.0. The zero-order chi connectivity index (χ0) is 102. The molecule has 0 saturated heterocycles. The molecule has 0 aliphatic carbocycles. The van der Waals surface area contributed by atoms with Gasteiger partial charge in [-0.1, -0.05) is 91.4 Å². The molecule has 0 heterocycles. The van der Waals surface area contributed by atoms with Crippen LogP contribution < -0.4 is 38.4 Å². The molecule has 0 aliphatic heterocycles. The predicted molar refractivity (Wildman–Crippen MR) is 546 cm³/mol. The van der Waals surface area contributed by atoms with Crippen molar-refractivity contribution in [3.05, 3.63) is 112 Å². The Balaban J connectivity index is -0.000000152. The largest absolute Gasteiger partial charge is 0.381 e. The van der Waals surface area contributed by atoms with Crippen molar-refractivity contribution in [2.45, 2.75) is 266 Å². The number of carbonyl (C=O) groups excluding carboxylic acids is 1. The molecule has 0 bridgehead atoms. The summed E-state index contributed by atoms with van der Waals surface area (Å²) in [6, 6.07) is 18.9. The van der Waals surface area contributed by atoms with Gasteiger partial charge in [-0.2, -0.15) is 73.3 Å². The minimum Gasteiger partial charge on any atom is -0.381 e. The number of thiol groups is 3. The van der Waals surface area contributed by atoms with Crippen molar-refractivity contribution in [2.24, 2.45) is 66.3 Å². The van der Waals surface area contributed by atoms with Gasteiger partial charge in [0.25, 0.3) is 0 Å². The van der Waals surface area contributed by atoms with Crippen LogP contribution in [0.2, 0.25) is 0 Å². The second-order valence-corrected chi connectivity index (χ2v) is 33.4. The van der Waals surface area contributed by atoms with Gasteiger partial charge in [-0.25, -0.2) is 0 Å². The third-order valence-electron chi connectivity index (χ3n) is 16.1. The number of anilines is 2. The van der Waals surface area contributed by atoms with E-state index in [9.17, 15) is 4.79 Å². The molecule has 9 N–H and O–H groups in total. The van der Waals surface area contributed by atoms with Crippen LogP contribution in [0.4, 0.5) is 11.4 Å². The van der Waals surface area contributed by atoms with E-state index < -0.39 is 0 Å². The van der Waals surface area contributed by atoms with Gasteiger partial charge in [0.05, 0.1) is 117 Å². The van der Waals surface area contributed by atoms with Gasteiger partial charge in [0, 0.05) is 145 Å². The van der Waals surface area contributed by atoms with E-state index in [0.717, 1.165) is 83.7 Å². The van der Waals surface area contributed by atoms with Crippen LogP contribution in [0.1, 0.15) is 209 Å². The Kier molecular flexibility index (Phi) is 121. The molecule has 0 atom stereocenters. The zero-order valence-corrected chi connectivity index (χ0v) is 89.5. The summed E-state index contributed by atoms with van der Waals surface area (Å²) in [5.41, 5.74) is 65.2. The Labute approximate surface area is 805 Å². The number of nitrogens with two attached hydrogens (primary N) is 4. The van der Waals surface area contributed by atoms with E-state index in [1.807, 2.05) is 159 Å². The predicted octanol–water partition coefficient (Wildman–Crippen LogP) is 18.4. The van der Waals surface area contributed by atoms with Gasteiger partial charge >= 0.3 is 0 Å². The second kappa shape index (κ2) is 109. The summed E-state index contributed by atoms with van der Waals surface area (Å²) in [5, 5.41) is 35.9. The minimum atomic E-state index is -0.129. The van der Waals surface area contributed by atoms with Crippen LogP contribution in [0.25, 0.3) is 52.2 Å². The van der Waals surface area contributed by atoms with Crippen molar-refractivity contribution in [3.63, 3.8) is 0 Å². The number of thioether (sulfide) groups is 1. The van der Waals surface area contributed by atoms with Crippen LogP contribution in [0, 0.1) is 17.8 Å². The molecule has 0 saturated carbocycles. The monoisotopic (exact) mass is 1930 g/mol. The highest BCUT2D eigenvalue weighted by atomic mass is 32.2. The Morgan fingerprint density at radius 3 is 1.15 bits per heavy atom. The number of carbonyl (C=O) groups is 1. The van der Waals surface area contributed by atoms with E-state index in [4.69, 9.17) is 108 Å². The number of hydroxylamine groups is 16. The van der Waals surface area contributed by atoms with Gasteiger partial charge in [0.15, 0.2) is 0 Å². The molecule has 0 aliphatic rings. The molecule has 0 unspecified atom stereocenters. The molecule has 2 rings (SSSR count). The molecule has 2 aromatic carbocycles. The molecule has 1 amide bonds. The molecule has 0 spiro atoms. The molecule has 766 valence electrons. The first-order valence-corrected chi connectivity index (χ1v) is 47.0. The van der Waals surface area contributed by atoms with Crippen LogP contribution >= 0.6 is 49.6 Å². The van der Waals surface area contributed by atoms with E-state index in [0.29, 0.717) is 114 Å². The van der Waals surface area contributed by atoms with Gasteiger partial charge < -0.3 is 57.0 Å². The third kappa shape index (κ3) is 110. The highest BCUT2D eigenvalue weighted by Gasteiger charge is 2.13. The van der Waals surface area contributed by atoms with Crippen molar-refractivity contribution < 1.29 is 62.5 Å². The number of amides is 1. The van der Waals surface area contributed by atoms with Gasteiger partial charge in [-0.05, 0) is 238 Å². The van der Waals surface area contributed by atoms with E-state index >= 15 is 0 Å². The minimum absolute atomic E-state index is 0.0607. The van der Waals surface area contributed by atoms with Gasteiger partial charge in [-0.3, -0.25) is 43.9 Å². The van der Waals surface area contributed by atoms with Crippen LogP contribution in [-0.4, -0.2) is 281 Å². The number of rotatable bonds is 56. The van der Waals surface area contributed by atoms with E-state index in [1.165, 1.54) is 19.3 Å². The lowest BCUT2D eigenvalue weighted by molar-refractivity contribution is -0.170. The number of azide groups is 5. The molecular weight excluding hydrogens is 1750 g/mol. The maximum absolute atomic E-state index is 10.7. The standard InChI is InChI=1S/C11H16N4O.C11H18N2O.C8H17N3O.C8H20N2O2.C8H18OS.C7H16N2O2S.C6H15NOS2.2C5H12N4O.C5H11N3.2C5H14N2O/c1-9(2)15(16-3)11-6-4-10(5-7-11)8-13-14-12;1-9(2)13(14-3)11-6-4-10(8-12)5-7-11;1-8(2)4-3-6-12-7-5-10-11-9;1-8(2)10(3)12-7-6-11-5-4-9;1-8(2)4-3-5-9-6-7-10;1-6(2)9(3)11-5-8-7(10)4-12;1-6(2)7(8-3)4-10-5-9;1-5(2)9(10-3)4-7-8-6;1-5(2)9(3)10-4-7-8-6;1-5(2)3-4-7-8-6;1-5(2)7(4-6)8-3;1-5(2)7(3)8-4-6/h4-7,9H,8H2,1-3H3;4-7,9H,8,12H2,1-3H3;8H,3-7H2,1-2H3;8H,4-7,9H2,1-3H3;8,10H,3-7H2,1-2H3;6,12H,4-5H2,1-3H3,(H,8,10);6,9H,4-5H2,1-3H3;2*5H,4H2,1-3H3;5H,3-4H2,1-2H3;2*5H,4,6H2,1-3H3. The highest BCUT2D eigenvalue weighted by molar-refractivity contribution is 8.09. The topological polar surface area (TPSA) is 517 Å². The second-order valence-electron chi connectivity index (χ2n) is 30.9. The smallest absolute Gasteiger partial charge is 0.231 e. The van der Waals surface area contributed by atoms with Crippen LogP contribution in [0.5, 0.6) is 0 Å². The van der Waals surface area contributed by atoms with Gasteiger partial charge in [-0.15, -0.1) is 11.8 Å². The maximum Gasteiger partial charge on any atom is 0.231 e. The summed E-state index contributed by atoms with van der Waals surface area (Å²) in [4.78, 5) is 69.5. The number of benzene rings is 2. The summed E-state index contributed by atoms with van der Waals surface area (Å²) in [5.74, 6) is 3.97. The lowest BCUT2D eigenvalue weighted by atomic mass is 10.1. The third-order valence-corrected chi connectivity index (χ3v) is 17.8. The lowest BCUT2D eigenvalue weighted by Gasteiger charge is -2.25. The molecule has 0 radical (unpaired) electrons. The normalized spacial score (nSPS) is 10.5. The Morgan fingerprint density at radius 1 is 0.423 bits per heavy atom. The average Bonchev–Trinajstić information content (AvgIpc) is 0.873. The quantitative estimate of drug-likeness (QED) is 0.00580. The highest BCUT2D eigenvalue weighted by Crippen LogP contribution is 2.20. The summed E-state index contributed by atoms with van der Waals surface area (Å²) in [6.45, 7) is 58.3. The first-order chi connectivity index (χ1) is 61.5. The molecule has 42 nitrogen and oxygen atoms in total. The number of nitrogens with zero attached hydrogens (tertiary/aromatic N) is 24. The number of ether oxygens (including phenoxy) is 3. The fourth-order valence-electron chi connectivity index (χ4n) is 7.95. The van der Waals surface area contributed by atoms with E-state index in [2.05, 4.69) is 190 Å². The molecule has 46 heteroatoms. The number of hydrogen-bond donors (Lipinski definition) is 8. The Bertz CT molecular complexity index is 2950. The Morgan fingerprint density at radius 2 is 0.823 bits per heavy atom. The van der Waals surface area contributed by atoms with Crippen LogP contribution in [0.3, 0.4) is 0 Å². The average molecular weight is 1940 g/mol. The summed E-state index contributed by atoms with van der Waals surface area (Å²) in [7, 11) is 15.6. The fourth-order valence-corrected chi connectivity index (χ4v) is 9.10. The Hall–Kier alpha value is -5.46. The van der Waals surface area contributed by atoms with Gasteiger partial charge in [0.2, 0.25) is 5.91 Å². The summed E-state index contributed by atoms with van der Waals surface area (Å²) < 4.78 is 15.6. The SMILES string of the molecule is CC(C)CCCOCCN=[N+]=[N-].CC(C)CCCOCCS.CC(C)CCN=[N+]=[N-].CC(C)N(C)OCCOCCN.CC(C)N(C)OCN.CC(C)N(C)OCN=[N+]=[N-].CC(C)N(C)OCNC(=O)CS.CON(CN)C(C)C.CON(CN=[N+]=[N-])C(C)C.CON(CSCS)C(C)C.CON(c1ccc(CN)cc1)C(C)C.CON(c1ccc(CN=[N+]=[N-])cc1)C(C)C. The van der Waals surface area contributed by atoms with Crippen molar-refractivity contribution in [1.29, 1.82) is 0 Å². The van der Waals surface area contributed by atoms with Crippen LogP contribution in [0.15, 0.2) is 74.1 Å². The summed E-state index contributed by atoms with van der Waals surface area (Å²) >= 11 is 13.7. The number of hydrogen-bond acceptors (Lipinski definition) is 35. The van der Waals surface area contributed by atoms with E-state index in [1.54, 1.807) is 79.7 Å². The van der Waals surface area contributed by atoms with Crippen molar-refractivity contribution in [2.75, 3.05) is 196 Å². The fraction of sp³-hybridized carbons (Fsp3) is 0.845. The van der Waals surface area contributed by atoms with Crippen molar-refractivity contribution in [1.82, 2.24) is 40.8 Å². The first-order valence-electron chi connectivity index (χ1n) is 43.9. The molecular formula is C84H183N29O13S4. The van der Waals surface area contributed by atoms with Gasteiger partial charge in [0.1, 0.15) is 26.9 Å². The molecule has 0 aromatic heterocycles. The molecule has 130 heavy (non-hydrogen) atoms. The van der Waals surface area contributed by atoms with Crippen molar-refractivity contribution in [3.8, 4) is 0 Å². The summed E-state index contributed by atoms with van der Waals surface area (Å²) in [6.07, 6.45) is 5.73. The lowest BCUT2D eigenvalue weighted by Crippen LogP contribution is -2.34. The first kappa shape index (κ1) is 145. The molecule has 2 aromatic rings. The van der Waals surface area contributed by atoms with Crippen molar-refractivity contribution >= 4 is 66.9 Å². The number of nitrogens with one attached hydrogen (secondary N) is 1. The van der Waals surface area contributed by atoms with E-state index in [-0.39, 0.29) is 50.6 Å². The van der Waals surface area contributed by atoms with Crippen LogP contribution in [-0.2, 0) is 75.6 Å². The maximum atomic E-state index is 10.7. The molecule has 0 fully saturated rings.